The van der Waals surface area contributed by atoms with Crippen LogP contribution in [0.1, 0.15) is 97.9 Å². The second kappa shape index (κ2) is 12.1. The summed E-state index contributed by atoms with van der Waals surface area (Å²) in [7, 11) is -2.41. The van der Waals surface area contributed by atoms with Gasteiger partial charge in [-0.3, -0.25) is 0 Å². The van der Waals surface area contributed by atoms with Crippen LogP contribution in [-0.2, 0) is 10.8 Å². The van der Waals surface area contributed by atoms with E-state index in [4.69, 9.17) is 8.83 Å². The number of benzene rings is 4. The van der Waals surface area contributed by atoms with Gasteiger partial charge in [-0.1, -0.05) is 152 Å². The van der Waals surface area contributed by atoms with Crippen LogP contribution < -0.4 is 0 Å². The Kier molecular flexibility index (Phi) is 7.92. The topological polar surface area (TPSA) is 26.3 Å². The van der Waals surface area contributed by atoms with E-state index < -0.39 is 8.07 Å². The highest BCUT2D eigenvalue weighted by molar-refractivity contribution is 6.84. The molecule has 2 nitrogen and oxygen atoms in total. The van der Waals surface area contributed by atoms with E-state index in [-0.39, 0.29) is 21.9 Å². The van der Waals surface area contributed by atoms with Crippen LogP contribution in [0.4, 0.5) is 0 Å². The highest BCUT2D eigenvalue weighted by Crippen LogP contribution is 2.58. The molecular weight excluding hydrogens is 637 g/mol. The standard InChI is InChI=1S/C48H48O2Si/c1-47(2,3)43-27-25-41(49-43)39-29-37-33(31-17-11-9-12-18-31)21-15-23-35(37)45(39)51(7,8)46-36-24-16-22-34(32-19-13-10-14-20-32)38(36)30-40(46)42-26-28-44(50-42)48(4,5)6/h9-30,45-46H,1-8H3. The van der Waals surface area contributed by atoms with Crippen molar-refractivity contribution in [3.05, 3.63) is 167 Å². The molecule has 4 aromatic carbocycles. The Bertz CT molecular complexity index is 2140. The van der Waals surface area contributed by atoms with E-state index in [1.807, 2.05) is 0 Å². The van der Waals surface area contributed by atoms with Crippen LogP contribution in [0.5, 0.6) is 0 Å². The molecule has 2 atom stereocenters. The van der Waals surface area contributed by atoms with Gasteiger partial charge in [0.25, 0.3) is 0 Å². The molecule has 256 valence electrons. The zero-order chi connectivity index (χ0) is 35.7. The Morgan fingerprint density at radius 2 is 0.843 bits per heavy atom. The molecule has 8 rings (SSSR count). The van der Waals surface area contributed by atoms with Crippen molar-refractivity contribution in [2.24, 2.45) is 0 Å². The van der Waals surface area contributed by atoms with Crippen molar-refractivity contribution in [3.8, 4) is 22.3 Å². The van der Waals surface area contributed by atoms with Crippen molar-refractivity contribution in [1.29, 1.82) is 0 Å². The molecule has 2 aromatic heterocycles. The highest BCUT2D eigenvalue weighted by atomic mass is 28.3. The normalized spacial score (nSPS) is 17.3. The lowest BCUT2D eigenvalue weighted by molar-refractivity contribution is 0.403. The first-order chi connectivity index (χ1) is 24.3. The molecule has 51 heavy (non-hydrogen) atoms. The van der Waals surface area contributed by atoms with Gasteiger partial charge in [0.2, 0.25) is 0 Å². The van der Waals surface area contributed by atoms with E-state index in [0.29, 0.717) is 0 Å². The van der Waals surface area contributed by atoms with E-state index in [0.717, 1.165) is 23.0 Å². The Morgan fingerprint density at radius 3 is 1.20 bits per heavy atom. The highest BCUT2D eigenvalue weighted by Gasteiger charge is 2.50. The van der Waals surface area contributed by atoms with Crippen molar-refractivity contribution < 1.29 is 8.83 Å². The second-order valence-electron chi connectivity index (χ2n) is 17.1. The summed E-state index contributed by atoms with van der Waals surface area (Å²) in [5.74, 6) is 3.99. The molecule has 0 saturated heterocycles. The van der Waals surface area contributed by atoms with Crippen molar-refractivity contribution in [2.75, 3.05) is 0 Å². The molecular formula is C48H48O2Si. The molecule has 0 bridgehead atoms. The summed E-state index contributed by atoms with van der Waals surface area (Å²) in [6.45, 7) is 18.5. The van der Waals surface area contributed by atoms with Crippen LogP contribution in [0.2, 0.25) is 13.1 Å². The zero-order valence-corrected chi connectivity index (χ0v) is 32.2. The van der Waals surface area contributed by atoms with Gasteiger partial charge in [0.1, 0.15) is 23.0 Å². The molecule has 0 saturated carbocycles. The van der Waals surface area contributed by atoms with Gasteiger partial charge in [-0.25, -0.2) is 0 Å². The third-order valence-corrected chi connectivity index (χ3v) is 15.3. The van der Waals surface area contributed by atoms with Crippen molar-refractivity contribution in [3.63, 3.8) is 0 Å². The summed E-state index contributed by atoms with van der Waals surface area (Å²) in [4.78, 5) is 0. The molecule has 0 N–H and O–H groups in total. The average molecular weight is 685 g/mol. The lowest BCUT2D eigenvalue weighted by Gasteiger charge is -2.39. The molecule has 0 spiro atoms. The van der Waals surface area contributed by atoms with Gasteiger partial charge in [0.05, 0.1) is 8.07 Å². The molecule has 2 unspecified atom stereocenters. The molecule has 0 fully saturated rings. The van der Waals surface area contributed by atoms with Gasteiger partial charge in [0.15, 0.2) is 0 Å². The Balaban J connectivity index is 1.35. The van der Waals surface area contributed by atoms with Crippen LogP contribution in [0.15, 0.2) is 130 Å². The summed E-state index contributed by atoms with van der Waals surface area (Å²) >= 11 is 0. The molecule has 2 heterocycles. The fourth-order valence-corrected chi connectivity index (χ4v) is 13.0. The van der Waals surface area contributed by atoms with Gasteiger partial charge in [-0.05, 0) is 80.9 Å². The summed E-state index contributed by atoms with van der Waals surface area (Å²) in [5, 5.41) is 0. The Labute approximate surface area is 304 Å². The number of hydrogen-bond acceptors (Lipinski definition) is 2. The largest absolute Gasteiger partial charge is 0.461 e. The second-order valence-corrected chi connectivity index (χ2v) is 21.9. The van der Waals surface area contributed by atoms with Gasteiger partial charge < -0.3 is 8.83 Å². The average Bonchev–Trinajstić information content (AvgIpc) is 3.92. The Hall–Kier alpha value is -4.86. The number of furan rings is 2. The minimum atomic E-state index is -2.41. The van der Waals surface area contributed by atoms with Crippen LogP contribution >= 0.6 is 0 Å². The lowest BCUT2D eigenvalue weighted by atomic mass is 9.94. The number of fused-ring (bicyclic) bond motifs is 2. The lowest BCUT2D eigenvalue weighted by Crippen LogP contribution is -2.42. The molecule has 0 amide bonds. The van der Waals surface area contributed by atoms with Crippen LogP contribution in [-0.4, -0.2) is 8.07 Å². The third kappa shape index (κ3) is 5.72. The van der Waals surface area contributed by atoms with Gasteiger partial charge in [-0.2, -0.15) is 0 Å². The fraction of sp³-hybridized carbons (Fsp3) is 0.250. The summed E-state index contributed by atoms with van der Waals surface area (Å²) in [6, 6.07) is 44.3. The molecule has 0 aliphatic heterocycles. The molecule has 6 aromatic rings. The molecule has 3 heteroatoms. The predicted molar refractivity (Wildman–Crippen MR) is 217 cm³/mol. The number of rotatable bonds is 6. The molecule has 2 aliphatic carbocycles. The quantitative estimate of drug-likeness (QED) is 0.163. The first-order valence-electron chi connectivity index (χ1n) is 18.3. The monoisotopic (exact) mass is 684 g/mol. The van der Waals surface area contributed by atoms with E-state index in [9.17, 15) is 0 Å². The van der Waals surface area contributed by atoms with Crippen molar-refractivity contribution >= 4 is 31.4 Å². The number of allylic oxidation sites excluding steroid dienone is 2. The summed E-state index contributed by atoms with van der Waals surface area (Å²) < 4.78 is 13.6. The summed E-state index contributed by atoms with van der Waals surface area (Å²) in [6.07, 6.45) is 4.90. The maximum absolute atomic E-state index is 6.82. The predicted octanol–water partition coefficient (Wildman–Crippen LogP) is 13.6. The fourth-order valence-electron chi connectivity index (χ4n) is 8.53. The van der Waals surface area contributed by atoms with Crippen molar-refractivity contribution in [2.45, 2.75) is 76.5 Å². The van der Waals surface area contributed by atoms with E-state index in [1.165, 1.54) is 55.7 Å². The van der Waals surface area contributed by atoms with Crippen LogP contribution in [0.25, 0.3) is 45.6 Å². The van der Waals surface area contributed by atoms with E-state index in [1.54, 1.807) is 0 Å². The minimum absolute atomic E-state index is 0.0832. The Morgan fingerprint density at radius 1 is 0.451 bits per heavy atom. The van der Waals surface area contributed by atoms with Crippen LogP contribution in [0.3, 0.4) is 0 Å². The van der Waals surface area contributed by atoms with Gasteiger partial charge in [0, 0.05) is 33.1 Å². The molecule has 2 aliphatic rings. The van der Waals surface area contributed by atoms with Crippen molar-refractivity contribution in [1.82, 2.24) is 0 Å². The number of hydrogen-bond donors (Lipinski definition) is 0. The van der Waals surface area contributed by atoms with Crippen LogP contribution in [0, 0.1) is 0 Å². The zero-order valence-electron chi connectivity index (χ0n) is 31.2. The smallest absolute Gasteiger partial charge is 0.130 e. The first-order valence-corrected chi connectivity index (χ1v) is 21.5. The first kappa shape index (κ1) is 33.3. The van der Waals surface area contributed by atoms with Gasteiger partial charge >= 0.3 is 0 Å². The van der Waals surface area contributed by atoms with E-state index in [2.05, 4.69) is 188 Å². The van der Waals surface area contributed by atoms with E-state index >= 15 is 0 Å². The molecule has 0 radical (unpaired) electrons. The maximum atomic E-state index is 6.82. The third-order valence-electron chi connectivity index (χ3n) is 11.0. The summed E-state index contributed by atoms with van der Waals surface area (Å²) in [5.41, 5.74) is 13.3. The minimum Gasteiger partial charge on any atom is -0.461 e. The van der Waals surface area contributed by atoms with Gasteiger partial charge in [-0.15, -0.1) is 0 Å². The SMILES string of the molecule is CC(C)(C)c1ccc(C2=Cc3c(-c4ccccc4)cccc3C2[Si](C)(C)C2C(c3ccc(C(C)(C)C)o3)=Cc3c(-c4ccccc4)cccc32)o1. The maximum Gasteiger partial charge on any atom is 0.130 e.